The average molecular weight is 188 g/mol. The second kappa shape index (κ2) is 2.83. The van der Waals surface area contributed by atoms with Gasteiger partial charge in [-0.2, -0.15) is 0 Å². The van der Waals surface area contributed by atoms with E-state index in [0.29, 0.717) is 5.66 Å². The highest BCUT2D eigenvalue weighted by atomic mass is 31.2. The lowest BCUT2D eigenvalue weighted by Crippen LogP contribution is -2.15. The van der Waals surface area contributed by atoms with Crippen LogP contribution >= 0.6 is 7.44 Å². The summed E-state index contributed by atoms with van der Waals surface area (Å²) in [5, 5.41) is 0. The summed E-state index contributed by atoms with van der Waals surface area (Å²) in [5.74, 6) is 0. The standard InChI is InChI=1S/C8H17N2OP/c1-3-8(2)12(11,9-4-5-9)10-6-7-10/h8H,3-7H2,1-2H3/t8-/m0/s1. The summed E-state index contributed by atoms with van der Waals surface area (Å²) in [6.07, 6.45) is 1.03. The lowest BCUT2D eigenvalue weighted by molar-refractivity contribution is 0.503. The summed E-state index contributed by atoms with van der Waals surface area (Å²) in [6, 6.07) is 0. The van der Waals surface area contributed by atoms with Crippen molar-refractivity contribution in [1.82, 2.24) is 9.34 Å². The fourth-order valence-corrected chi connectivity index (χ4v) is 4.91. The molecule has 2 fully saturated rings. The lowest BCUT2D eigenvalue weighted by atomic mass is 10.4. The van der Waals surface area contributed by atoms with Crippen LogP contribution in [0.5, 0.6) is 0 Å². The first-order chi connectivity index (χ1) is 5.69. The number of hydrogen-bond acceptors (Lipinski definition) is 1. The van der Waals surface area contributed by atoms with Crippen LogP contribution in [0.2, 0.25) is 0 Å². The predicted molar refractivity (Wildman–Crippen MR) is 50.5 cm³/mol. The van der Waals surface area contributed by atoms with Gasteiger partial charge in [0, 0.05) is 31.8 Å². The summed E-state index contributed by atoms with van der Waals surface area (Å²) in [5.41, 5.74) is 0.363. The first-order valence-electron chi connectivity index (χ1n) is 4.80. The lowest BCUT2D eigenvalue weighted by Gasteiger charge is -2.25. The van der Waals surface area contributed by atoms with E-state index in [1.807, 2.05) is 0 Å². The Bertz CT molecular complexity index is 207. The summed E-state index contributed by atoms with van der Waals surface area (Å²) in [6.45, 7) is 8.47. The summed E-state index contributed by atoms with van der Waals surface area (Å²) < 4.78 is 16.8. The molecule has 2 aliphatic rings. The normalized spacial score (nSPS) is 27.2. The Balaban J connectivity index is 2.14. The van der Waals surface area contributed by atoms with Gasteiger partial charge in [-0.25, -0.2) is 9.34 Å². The van der Waals surface area contributed by atoms with Crippen molar-refractivity contribution in [2.75, 3.05) is 26.2 Å². The molecule has 1 atom stereocenters. The van der Waals surface area contributed by atoms with Gasteiger partial charge in [-0.1, -0.05) is 13.8 Å². The van der Waals surface area contributed by atoms with E-state index in [2.05, 4.69) is 23.2 Å². The molecule has 2 rings (SSSR count). The van der Waals surface area contributed by atoms with E-state index in [1.165, 1.54) is 0 Å². The molecular weight excluding hydrogens is 171 g/mol. The Kier molecular flexibility index (Phi) is 2.06. The van der Waals surface area contributed by atoms with Crippen molar-refractivity contribution in [3.05, 3.63) is 0 Å². The van der Waals surface area contributed by atoms with Gasteiger partial charge < -0.3 is 0 Å². The van der Waals surface area contributed by atoms with Gasteiger partial charge >= 0.3 is 0 Å². The third kappa shape index (κ3) is 1.24. The van der Waals surface area contributed by atoms with Crippen molar-refractivity contribution in [2.45, 2.75) is 25.9 Å². The third-order valence-electron chi connectivity index (χ3n) is 2.82. The van der Waals surface area contributed by atoms with Gasteiger partial charge in [-0.3, -0.25) is 4.57 Å². The zero-order valence-corrected chi connectivity index (χ0v) is 8.76. The van der Waals surface area contributed by atoms with Crippen LogP contribution in [-0.2, 0) is 4.57 Å². The van der Waals surface area contributed by atoms with E-state index >= 15 is 0 Å². The van der Waals surface area contributed by atoms with Gasteiger partial charge in [-0.05, 0) is 6.42 Å². The van der Waals surface area contributed by atoms with Crippen LogP contribution in [0, 0.1) is 0 Å². The largest absolute Gasteiger partial charge is 0.288 e. The summed E-state index contributed by atoms with van der Waals surface area (Å²) in [4.78, 5) is 0. The Morgan fingerprint density at radius 2 is 1.67 bits per heavy atom. The van der Waals surface area contributed by atoms with E-state index in [1.54, 1.807) is 0 Å². The Labute approximate surface area is 74.2 Å². The maximum Gasteiger partial charge on any atom is 0.219 e. The molecule has 0 spiro atoms. The molecule has 0 aromatic carbocycles. The second-order valence-corrected chi connectivity index (χ2v) is 6.94. The molecule has 0 amide bonds. The zero-order valence-electron chi connectivity index (χ0n) is 7.86. The van der Waals surface area contributed by atoms with Crippen LogP contribution in [0.15, 0.2) is 0 Å². The fraction of sp³-hybridized carbons (Fsp3) is 1.00. The maximum absolute atomic E-state index is 12.5. The average Bonchev–Trinajstić information content (AvgIpc) is 2.91. The Hall–Kier alpha value is 0.150. The van der Waals surface area contributed by atoms with E-state index in [4.69, 9.17) is 0 Å². The highest BCUT2D eigenvalue weighted by molar-refractivity contribution is 7.60. The molecule has 0 unspecified atom stereocenters. The molecular formula is C8H17N2OP. The van der Waals surface area contributed by atoms with Gasteiger partial charge in [-0.15, -0.1) is 0 Å². The van der Waals surface area contributed by atoms with Crippen LogP contribution in [0.3, 0.4) is 0 Å². The molecule has 2 saturated heterocycles. The Morgan fingerprint density at radius 3 is 1.92 bits per heavy atom. The maximum atomic E-state index is 12.5. The van der Waals surface area contributed by atoms with Crippen LogP contribution in [0.4, 0.5) is 0 Å². The highest BCUT2D eigenvalue weighted by Gasteiger charge is 2.50. The van der Waals surface area contributed by atoms with Crippen LogP contribution < -0.4 is 0 Å². The van der Waals surface area contributed by atoms with E-state index in [9.17, 15) is 4.57 Å². The topological polar surface area (TPSA) is 23.1 Å². The zero-order chi connectivity index (χ0) is 8.77. The molecule has 2 aliphatic heterocycles. The molecule has 70 valence electrons. The number of rotatable bonds is 4. The van der Waals surface area contributed by atoms with Crippen molar-refractivity contribution in [3.8, 4) is 0 Å². The van der Waals surface area contributed by atoms with Crippen molar-refractivity contribution >= 4 is 7.44 Å². The molecule has 0 saturated carbocycles. The minimum Gasteiger partial charge on any atom is -0.288 e. The van der Waals surface area contributed by atoms with Crippen LogP contribution in [0.25, 0.3) is 0 Å². The molecule has 4 heteroatoms. The predicted octanol–water partition coefficient (Wildman–Crippen LogP) is 1.61. The Morgan fingerprint density at radius 1 is 1.25 bits per heavy atom. The fourth-order valence-electron chi connectivity index (χ4n) is 1.64. The first-order valence-corrected chi connectivity index (χ1v) is 6.48. The molecule has 0 bridgehead atoms. The number of hydrogen-bond donors (Lipinski definition) is 0. The van der Waals surface area contributed by atoms with Crippen LogP contribution in [0.1, 0.15) is 20.3 Å². The van der Waals surface area contributed by atoms with Crippen molar-refractivity contribution in [3.63, 3.8) is 0 Å². The molecule has 0 aromatic rings. The van der Waals surface area contributed by atoms with Gasteiger partial charge in [0.25, 0.3) is 0 Å². The molecule has 2 heterocycles. The minimum atomic E-state index is -2.07. The minimum absolute atomic E-state index is 0.363. The molecule has 0 N–H and O–H groups in total. The van der Waals surface area contributed by atoms with E-state index in [-0.39, 0.29) is 0 Å². The summed E-state index contributed by atoms with van der Waals surface area (Å²) >= 11 is 0. The second-order valence-electron chi connectivity index (χ2n) is 3.75. The van der Waals surface area contributed by atoms with Gasteiger partial charge in [0.15, 0.2) is 0 Å². The van der Waals surface area contributed by atoms with Gasteiger partial charge in [0.1, 0.15) is 0 Å². The first kappa shape index (κ1) is 8.74. The third-order valence-corrected chi connectivity index (χ3v) is 6.76. The van der Waals surface area contributed by atoms with E-state index in [0.717, 1.165) is 32.6 Å². The monoisotopic (exact) mass is 188 g/mol. The van der Waals surface area contributed by atoms with Crippen molar-refractivity contribution in [1.29, 1.82) is 0 Å². The SMILES string of the molecule is CC[C@H](C)P(=O)(N1CC1)N1CC1. The number of nitrogens with zero attached hydrogens (tertiary/aromatic N) is 2. The summed E-state index contributed by atoms with van der Waals surface area (Å²) in [7, 11) is -2.07. The van der Waals surface area contributed by atoms with Crippen molar-refractivity contribution < 1.29 is 4.57 Å². The van der Waals surface area contributed by atoms with E-state index < -0.39 is 7.44 Å². The molecule has 12 heavy (non-hydrogen) atoms. The molecule has 0 aromatic heterocycles. The van der Waals surface area contributed by atoms with Gasteiger partial charge in [0.2, 0.25) is 7.44 Å². The molecule has 0 aliphatic carbocycles. The molecule has 0 radical (unpaired) electrons. The van der Waals surface area contributed by atoms with Crippen LogP contribution in [-0.4, -0.2) is 41.2 Å². The smallest absolute Gasteiger partial charge is 0.219 e. The highest BCUT2D eigenvalue weighted by Crippen LogP contribution is 2.64. The molecule has 3 nitrogen and oxygen atoms in total. The quantitative estimate of drug-likeness (QED) is 0.494. The van der Waals surface area contributed by atoms with Gasteiger partial charge in [0.05, 0.1) is 0 Å². The van der Waals surface area contributed by atoms with Crippen molar-refractivity contribution in [2.24, 2.45) is 0 Å².